The molecule has 1 N–H and O–H groups in total. The summed E-state index contributed by atoms with van der Waals surface area (Å²) in [5.74, 6) is 2.54. The average Bonchev–Trinajstić information content (AvgIpc) is 3.27. The second-order valence-electron chi connectivity index (χ2n) is 6.12. The Bertz CT molecular complexity index is 738. The third-order valence-electron chi connectivity index (χ3n) is 4.05. The fraction of sp³-hybridized carbons (Fsp3) is 0.500. The van der Waals surface area contributed by atoms with Crippen LogP contribution in [0.25, 0.3) is 0 Å². The minimum absolute atomic E-state index is 0.130. The molecule has 0 saturated heterocycles. The third kappa shape index (κ3) is 4.75. The molecule has 2 aromatic heterocycles. The van der Waals surface area contributed by atoms with Crippen molar-refractivity contribution in [3.05, 3.63) is 35.4 Å². The summed E-state index contributed by atoms with van der Waals surface area (Å²) >= 11 is 1.52. The highest BCUT2D eigenvalue weighted by atomic mass is 32.2. The van der Waals surface area contributed by atoms with Crippen molar-refractivity contribution in [3.8, 4) is 0 Å². The maximum absolute atomic E-state index is 12.0. The van der Waals surface area contributed by atoms with Crippen LogP contribution in [0.15, 0.2) is 27.8 Å². The molecule has 1 saturated carbocycles. The zero-order chi connectivity index (χ0) is 17.8. The molecular weight excluding hydrogens is 336 g/mol. The SMILES string of the molecule is CCN(CC)c1cc(C)nc(SCc2ccc(C(=O)NC3CC3)o2)n1. The molecule has 2 heterocycles. The Labute approximate surface area is 152 Å². The molecule has 7 heteroatoms. The Kier molecular flexibility index (Phi) is 5.63. The molecule has 0 aliphatic heterocycles. The molecule has 134 valence electrons. The molecule has 1 amide bonds. The summed E-state index contributed by atoms with van der Waals surface area (Å²) in [5.41, 5.74) is 0.948. The molecule has 0 radical (unpaired) electrons. The van der Waals surface area contributed by atoms with Gasteiger partial charge in [0.1, 0.15) is 11.6 Å². The molecule has 2 aromatic rings. The van der Waals surface area contributed by atoms with Gasteiger partial charge < -0.3 is 14.6 Å². The molecule has 0 spiro atoms. The fourth-order valence-electron chi connectivity index (χ4n) is 2.50. The number of carbonyl (C=O) groups is 1. The average molecular weight is 360 g/mol. The van der Waals surface area contributed by atoms with Crippen LogP contribution in [0.2, 0.25) is 0 Å². The van der Waals surface area contributed by atoms with E-state index in [4.69, 9.17) is 4.42 Å². The lowest BCUT2D eigenvalue weighted by atomic mass is 10.4. The van der Waals surface area contributed by atoms with Gasteiger partial charge >= 0.3 is 0 Å². The van der Waals surface area contributed by atoms with E-state index in [1.165, 1.54) is 11.8 Å². The molecule has 0 atom stereocenters. The Morgan fingerprint density at radius 1 is 1.32 bits per heavy atom. The quantitative estimate of drug-likeness (QED) is 0.575. The summed E-state index contributed by atoms with van der Waals surface area (Å²) in [6, 6.07) is 5.90. The van der Waals surface area contributed by atoms with Gasteiger partial charge in [-0.05, 0) is 45.7 Å². The first kappa shape index (κ1) is 17.8. The van der Waals surface area contributed by atoms with Gasteiger partial charge in [-0.3, -0.25) is 4.79 Å². The van der Waals surface area contributed by atoms with Crippen LogP contribution in [0.3, 0.4) is 0 Å². The van der Waals surface area contributed by atoms with Crippen molar-refractivity contribution in [2.75, 3.05) is 18.0 Å². The van der Waals surface area contributed by atoms with Crippen LogP contribution in [0, 0.1) is 6.92 Å². The summed E-state index contributed by atoms with van der Waals surface area (Å²) in [7, 11) is 0. The first-order valence-corrected chi connectivity index (χ1v) is 9.70. The topological polar surface area (TPSA) is 71.3 Å². The van der Waals surface area contributed by atoms with Gasteiger partial charge in [-0.1, -0.05) is 11.8 Å². The number of rotatable bonds is 8. The molecule has 0 unspecified atom stereocenters. The highest BCUT2D eigenvalue weighted by molar-refractivity contribution is 7.98. The number of hydrogen-bond donors (Lipinski definition) is 1. The Morgan fingerprint density at radius 2 is 2.08 bits per heavy atom. The van der Waals surface area contributed by atoms with Crippen LogP contribution in [0.4, 0.5) is 5.82 Å². The fourth-order valence-corrected chi connectivity index (χ4v) is 3.29. The predicted octanol–water partition coefficient (Wildman–Crippen LogP) is 3.41. The first-order valence-electron chi connectivity index (χ1n) is 8.72. The van der Waals surface area contributed by atoms with Crippen LogP contribution >= 0.6 is 11.8 Å². The summed E-state index contributed by atoms with van der Waals surface area (Å²) in [6.45, 7) is 8.03. The number of thioether (sulfide) groups is 1. The predicted molar refractivity (Wildman–Crippen MR) is 99.1 cm³/mol. The van der Waals surface area contributed by atoms with Gasteiger partial charge in [-0.2, -0.15) is 0 Å². The van der Waals surface area contributed by atoms with E-state index in [2.05, 4.69) is 34.0 Å². The number of amides is 1. The van der Waals surface area contributed by atoms with Gasteiger partial charge in [0.2, 0.25) is 0 Å². The lowest BCUT2D eigenvalue weighted by Gasteiger charge is -2.20. The van der Waals surface area contributed by atoms with Crippen molar-refractivity contribution >= 4 is 23.5 Å². The van der Waals surface area contributed by atoms with E-state index in [0.717, 1.165) is 48.4 Å². The highest BCUT2D eigenvalue weighted by Gasteiger charge is 2.25. The molecule has 1 fully saturated rings. The number of anilines is 1. The number of hydrogen-bond acceptors (Lipinski definition) is 6. The number of carbonyl (C=O) groups excluding carboxylic acids is 1. The molecule has 0 bridgehead atoms. The number of nitrogens with one attached hydrogen (secondary N) is 1. The van der Waals surface area contributed by atoms with Crippen LogP contribution < -0.4 is 10.2 Å². The number of furan rings is 1. The van der Waals surface area contributed by atoms with E-state index in [0.29, 0.717) is 17.6 Å². The zero-order valence-corrected chi connectivity index (χ0v) is 15.7. The van der Waals surface area contributed by atoms with Gasteiger partial charge in [0, 0.05) is 30.9 Å². The minimum atomic E-state index is -0.130. The van der Waals surface area contributed by atoms with Gasteiger partial charge in [-0.15, -0.1) is 0 Å². The number of aryl methyl sites for hydroxylation is 1. The molecule has 1 aliphatic carbocycles. The van der Waals surface area contributed by atoms with Gasteiger partial charge in [0.25, 0.3) is 5.91 Å². The van der Waals surface area contributed by atoms with Gasteiger partial charge in [0.05, 0.1) is 5.75 Å². The molecule has 6 nitrogen and oxygen atoms in total. The third-order valence-corrected chi connectivity index (χ3v) is 4.92. The zero-order valence-electron chi connectivity index (χ0n) is 14.9. The Balaban J connectivity index is 1.63. The van der Waals surface area contributed by atoms with Crippen LogP contribution in [-0.2, 0) is 5.75 Å². The maximum atomic E-state index is 12.0. The van der Waals surface area contributed by atoms with Gasteiger partial charge in [-0.25, -0.2) is 9.97 Å². The highest BCUT2D eigenvalue weighted by Crippen LogP contribution is 2.24. The molecule has 25 heavy (non-hydrogen) atoms. The van der Waals surface area contributed by atoms with Crippen molar-refractivity contribution in [1.29, 1.82) is 0 Å². The first-order chi connectivity index (χ1) is 12.1. The largest absolute Gasteiger partial charge is 0.455 e. The van der Waals surface area contributed by atoms with Crippen molar-refractivity contribution in [1.82, 2.24) is 15.3 Å². The smallest absolute Gasteiger partial charge is 0.287 e. The van der Waals surface area contributed by atoms with Crippen molar-refractivity contribution in [2.24, 2.45) is 0 Å². The number of aromatic nitrogens is 2. The van der Waals surface area contributed by atoms with Crippen LogP contribution in [0.1, 0.15) is 48.7 Å². The molecular formula is C18H24N4O2S. The second-order valence-corrected chi connectivity index (χ2v) is 7.07. The molecule has 0 aromatic carbocycles. The summed E-state index contributed by atoms with van der Waals surface area (Å²) in [4.78, 5) is 23.3. The van der Waals surface area contributed by atoms with E-state index < -0.39 is 0 Å². The van der Waals surface area contributed by atoms with Crippen LogP contribution in [-0.4, -0.2) is 35.0 Å². The van der Waals surface area contributed by atoms with E-state index in [-0.39, 0.29) is 5.91 Å². The van der Waals surface area contributed by atoms with Crippen molar-refractivity contribution in [3.63, 3.8) is 0 Å². The van der Waals surface area contributed by atoms with Crippen molar-refractivity contribution in [2.45, 2.75) is 50.6 Å². The standard InChI is InChI=1S/C18H24N4O2S/c1-4-22(5-2)16-10-12(3)19-18(21-16)25-11-14-8-9-15(24-14)17(23)20-13-6-7-13/h8-10,13H,4-7,11H2,1-3H3,(H,20,23). The lowest BCUT2D eigenvalue weighted by Crippen LogP contribution is -2.24. The molecule has 1 aliphatic rings. The van der Waals surface area contributed by atoms with E-state index in [1.54, 1.807) is 6.07 Å². The Hall–Kier alpha value is -2.02. The van der Waals surface area contributed by atoms with Gasteiger partial charge in [0.15, 0.2) is 10.9 Å². The minimum Gasteiger partial charge on any atom is -0.455 e. The second kappa shape index (κ2) is 7.91. The monoisotopic (exact) mass is 360 g/mol. The Morgan fingerprint density at radius 3 is 2.76 bits per heavy atom. The lowest BCUT2D eigenvalue weighted by molar-refractivity contribution is 0.0922. The van der Waals surface area contributed by atoms with E-state index in [9.17, 15) is 4.79 Å². The summed E-state index contributed by atoms with van der Waals surface area (Å²) < 4.78 is 5.65. The summed E-state index contributed by atoms with van der Waals surface area (Å²) in [6.07, 6.45) is 2.13. The molecule has 3 rings (SSSR count). The maximum Gasteiger partial charge on any atom is 0.287 e. The van der Waals surface area contributed by atoms with Crippen LogP contribution in [0.5, 0.6) is 0 Å². The van der Waals surface area contributed by atoms with E-state index in [1.807, 2.05) is 19.1 Å². The normalized spacial score (nSPS) is 13.7. The van der Waals surface area contributed by atoms with Crippen molar-refractivity contribution < 1.29 is 9.21 Å². The van der Waals surface area contributed by atoms with E-state index >= 15 is 0 Å². The summed E-state index contributed by atoms with van der Waals surface area (Å²) in [5, 5.41) is 3.65. The number of nitrogens with zero attached hydrogens (tertiary/aromatic N) is 3.